The standard InChI is InChI=1S/C20H28F3N5O/c1-13(12-16-14(2)27-28(5)15(16)3)26-19(24-4)25-10-11-29-18-9-7-6-8-17(18)20(21,22)23/h6-9,13H,10-12H2,1-5H3,(H2,24,25,26). The molecule has 2 N–H and O–H groups in total. The van der Waals surface area contributed by atoms with Gasteiger partial charge in [0, 0.05) is 25.8 Å². The van der Waals surface area contributed by atoms with Crippen molar-refractivity contribution in [2.24, 2.45) is 12.0 Å². The Hall–Kier alpha value is -2.71. The Morgan fingerprint density at radius 2 is 1.97 bits per heavy atom. The number of para-hydroxylation sites is 1. The Balaban J connectivity index is 1.84. The normalized spacial score (nSPS) is 13.3. The van der Waals surface area contributed by atoms with E-state index in [4.69, 9.17) is 4.74 Å². The predicted octanol–water partition coefficient (Wildman–Crippen LogP) is 3.23. The highest BCUT2D eigenvalue weighted by Crippen LogP contribution is 2.35. The summed E-state index contributed by atoms with van der Waals surface area (Å²) in [7, 11) is 3.56. The van der Waals surface area contributed by atoms with Crippen molar-refractivity contribution in [3.05, 3.63) is 46.8 Å². The molecule has 1 heterocycles. The SMILES string of the molecule is CN=C(NCCOc1ccccc1C(F)(F)F)NC(C)Cc1c(C)nn(C)c1C. The maximum Gasteiger partial charge on any atom is 0.419 e. The number of hydrogen-bond acceptors (Lipinski definition) is 3. The van der Waals surface area contributed by atoms with Crippen molar-refractivity contribution in [1.82, 2.24) is 20.4 Å². The van der Waals surface area contributed by atoms with Gasteiger partial charge in [-0.1, -0.05) is 12.1 Å². The smallest absolute Gasteiger partial charge is 0.419 e. The van der Waals surface area contributed by atoms with Crippen molar-refractivity contribution in [1.29, 1.82) is 0 Å². The van der Waals surface area contributed by atoms with Crippen molar-refractivity contribution in [2.45, 2.75) is 39.4 Å². The van der Waals surface area contributed by atoms with Crippen LogP contribution in [-0.2, 0) is 19.6 Å². The van der Waals surface area contributed by atoms with E-state index in [0.29, 0.717) is 12.5 Å². The van der Waals surface area contributed by atoms with Crippen molar-refractivity contribution in [2.75, 3.05) is 20.2 Å². The van der Waals surface area contributed by atoms with E-state index in [-0.39, 0.29) is 18.4 Å². The number of rotatable bonds is 7. The summed E-state index contributed by atoms with van der Waals surface area (Å²) in [5, 5.41) is 10.8. The monoisotopic (exact) mass is 411 g/mol. The lowest BCUT2D eigenvalue weighted by Gasteiger charge is -2.19. The molecule has 9 heteroatoms. The van der Waals surface area contributed by atoms with Gasteiger partial charge in [0.15, 0.2) is 5.96 Å². The Morgan fingerprint density at radius 3 is 2.55 bits per heavy atom. The minimum atomic E-state index is -4.44. The van der Waals surface area contributed by atoms with Crippen LogP contribution in [0.3, 0.4) is 0 Å². The number of hydrogen-bond donors (Lipinski definition) is 2. The number of guanidine groups is 1. The van der Waals surface area contributed by atoms with Gasteiger partial charge in [-0.05, 0) is 44.9 Å². The molecule has 0 bridgehead atoms. The lowest BCUT2D eigenvalue weighted by Crippen LogP contribution is -2.44. The number of ether oxygens (including phenoxy) is 1. The van der Waals surface area contributed by atoms with Crippen LogP contribution in [-0.4, -0.2) is 42.0 Å². The van der Waals surface area contributed by atoms with Gasteiger partial charge >= 0.3 is 6.18 Å². The summed E-state index contributed by atoms with van der Waals surface area (Å²) in [6, 6.07) is 5.27. The van der Waals surface area contributed by atoms with E-state index < -0.39 is 11.7 Å². The number of nitrogens with one attached hydrogen (secondary N) is 2. The van der Waals surface area contributed by atoms with E-state index in [0.717, 1.165) is 23.9 Å². The van der Waals surface area contributed by atoms with Crippen LogP contribution >= 0.6 is 0 Å². The fraction of sp³-hybridized carbons (Fsp3) is 0.500. The Kier molecular flexibility index (Phi) is 7.53. The maximum atomic E-state index is 13.0. The predicted molar refractivity (Wildman–Crippen MR) is 107 cm³/mol. The molecule has 1 unspecified atom stereocenters. The molecule has 1 aromatic heterocycles. The van der Waals surface area contributed by atoms with E-state index in [1.165, 1.54) is 23.8 Å². The van der Waals surface area contributed by atoms with Gasteiger partial charge in [0.25, 0.3) is 0 Å². The van der Waals surface area contributed by atoms with Gasteiger partial charge in [-0.3, -0.25) is 9.67 Å². The molecule has 29 heavy (non-hydrogen) atoms. The molecule has 0 amide bonds. The number of alkyl halides is 3. The van der Waals surface area contributed by atoms with E-state index >= 15 is 0 Å². The highest BCUT2D eigenvalue weighted by molar-refractivity contribution is 5.79. The van der Waals surface area contributed by atoms with Gasteiger partial charge in [-0.2, -0.15) is 18.3 Å². The number of aromatic nitrogens is 2. The highest BCUT2D eigenvalue weighted by Gasteiger charge is 2.33. The first-order valence-electron chi connectivity index (χ1n) is 9.38. The second-order valence-corrected chi connectivity index (χ2v) is 6.86. The lowest BCUT2D eigenvalue weighted by atomic mass is 10.1. The van der Waals surface area contributed by atoms with Crippen LogP contribution in [0.2, 0.25) is 0 Å². The van der Waals surface area contributed by atoms with Gasteiger partial charge in [0.2, 0.25) is 0 Å². The number of benzene rings is 1. The summed E-state index contributed by atoms with van der Waals surface area (Å²) >= 11 is 0. The summed E-state index contributed by atoms with van der Waals surface area (Å²) in [6.45, 7) is 6.44. The van der Waals surface area contributed by atoms with Crippen LogP contribution < -0.4 is 15.4 Å². The van der Waals surface area contributed by atoms with E-state index in [1.54, 1.807) is 7.05 Å². The quantitative estimate of drug-likeness (QED) is 0.417. The maximum absolute atomic E-state index is 13.0. The van der Waals surface area contributed by atoms with Crippen molar-refractivity contribution >= 4 is 5.96 Å². The number of nitrogens with zero attached hydrogens (tertiary/aromatic N) is 3. The Labute approximate surface area is 169 Å². The van der Waals surface area contributed by atoms with Crippen LogP contribution in [0.4, 0.5) is 13.2 Å². The molecule has 0 aliphatic rings. The zero-order chi connectivity index (χ0) is 21.6. The van der Waals surface area contributed by atoms with E-state index in [1.807, 2.05) is 32.5 Å². The van der Waals surface area contributed by atoms with Crippen LogP contribution in [0, 0.1) is 13.8 Å². The summed E-state index contributed by atoms with van der Waals surface area (Å²) < 4.78 is 46.1. The van der Waals surface area contributed by atoms with Gasteiger partial charge in [0.05, 0.1) is 17.8 Å². The number of aryl methyl sites for hydroxylation is 2. The third-order valence-corrected chi connectivity index (χ3v) is 4.62. The zero-order valence-corrected chi connectivity index (χ0v) is 17.4. The first-order valence-corrected chi connectivity index (χ1v) is 9.38. The third kappa shape index (κ3) is 6.13. The molecule has 0 radical (unpaired) electrons. The molecule has 0 spiro atoms. The lowest BCUT2D eigenvalue weighted by molar-refractivity contribution is -0.138. The van der Waals surface area contributed by atoms with Crippen LogP contribution in [0.15, 0.2) is 29.3 Å². The molecule has 0 saturated carbocycles. The molecule has 1 atom stereocenters. The molecule has 6 nitrogen and oxygen atoms in total. The molecular weight excluding hydrogens is 383 g/mol. The van der Waals surface area contributed by atoms with Gasteiger partial charge < -0.3 is 15.4 Å². The van der Waals surface area contributed by atoms with Crippen molar-refractivity contribution in [3.63, 3.8) is 0 Å². The van der Waals surface area contributed by atoms with Crippen LogP contribution in [0.1, 0.15) is 29.4 Å². The van der Waals surface area contributed by atoms with Crippen molar-refractivity contribution in [3.8, 4) is 5.75 Å². The number of halogens is 3. The topological polar surface area (TPSA) is 63.5 Å². The van der Waals surface area contributed by atoms with Crippen molar-refractivity contribution < 1.29 is 17.9 Å². The van der Waals surface area contributed by atoms with Gasteiger partial charge in [-0.25, -0.2) is 0 Å². The molecule has 2 rings (SSSR count). The second-order valence-electron chi connectivity index (χ2n) is 6.86. The first-order chi connectivity index (χ1) is 13.6. The highest BCUT2D eigenvalue weighted by atomic mass is 19.4. The second kappa shape index (κ2) is 9.67. The van der Waals surface area contributed by atoms with Gasteiger partial charge in [-0.15, -0.1) is 0 Å². The summed E-state index contributed by atoms with van der Waals surface area (Å²) in [5.41, 5.74) is 2.53. The Bertz CT molecular complexity index is 845. The molecule has 1 aromatic carbocycles. The first kappa shape index (κ1) is 22.6. The molecule has 0 fully saturated rings. The molecule has 2 aromatic rings. The van der Waals surface area contributed by atoms with E-state index in [9.17, 15) is 13.2 Å². The molecule has 0 aliphatic carbocycles. The van der Waals surface area contributed by atoms with Gasteiger partial charge in [0.1, 0.15) is 12.4 Å². The fourth-order valence-electron chi connectivity index (χ4n) is 3.06. The molecule has 160 valence electrons. The molecular formula is C20H28F3N5O. The average Bonchev–Trinajstić information content (AvgIpc) is 2.89. The summed E-state index contributed by atoms with van der Waals surface area (Å²) in [5.74, 6) is 0.380. The van der Waals surface area contributed by atoms with Crippen LogP contribution in [0.5, 0.6) is 5.75 Å². The third-order valence-electron chi connectivity index (χ3n) is 4.62. The summed E-state index contributed by atoms with van der Waals surface area (Å²) in [4.78, 5) is 4.16. The zero-order valence-electron chi connectivity index (χ0n) is 17.4. The summed E-state index contributed by atoms with van der Waals surface area (Å²) in [6.07, 6.45) is -3.67. The van der Waals surface area contributed by atoms with E-state index in [2.05, 4.69) is 20.7 Å². The fourth-order valence-corrected chi connectivity index (χ4v) is 3.06. The molecule has 0 aliphatic heterocycles. The number of aliphatic imine (C=N–C) groups is 1. The molecule has 0 saturated heterocycles. The largest absolute Gasteiger partial charge is 0.491 e. The Morgan fingerprint density at radius 1 is 1.28 bits per heavy atom. The van der Waals surface area contributed by atoms with Crippen LogP contribution in [0.25, 0.3) is 0 Å². The minimum Gasteiger partial charge on any atom is -0.491 e. The minimum absolute atomic E-state index is 0.0724. The average molecular weight is 411 g/mol.